The van der Waals surface area contributed by atoms with Crippen molar-refractivity contribution >= 4 is 12.0 Å². The maximum absolute atomic E-state index is 12.7. The van der Waals surface area contributed by atoms with Crippen LogP contribution in [0.5, 0.6) is 5.75 Å². The lowest BCUT2D eigenvalue weighted by molar-refractivity contribution is -0.139. The summed E-state index contributed by atoms with van der Waals surface area (Å²) in [7, 11) is 0. The summed E-state index contributed by atoms with van der Waals surface area (Å²) in [6.07, 6.45) is 2.45. The SMILES string of the molecule is CCCCC1=C(C(=O)OCC)C(c2ccc(OCc3ccccc3)cc2)NC(=O)N1. The molecule has 2 aromatic rings. The average molecular weight is 408 g/mol. The molecule has 0 fully saturated rings. The number of carbonyl (C=O) groups excluding carboxylic acids is 2. The summed E-state index contributed by atoms with van der Waals surface area (Å²) in [4.78, 5) is 24.9. The third-order valence-electron chi connectivity index (χ3n) is 4.89. The summed E-state index contributed by atoms with van der Waals surface area (Å²) >= 11 is 0. The molecule has 6 nitrogen and oxygen atoms in total. The van der Waals surface area contributed by atoms with Crippen molar-refractivity contribution in [3.8, 4) is 5.75 Å². The number of esters is 1. The molecule has 6 heteroatoms. The van der Waals surface area contributed by atoms with E-state index in [1.165, 1.54) is 0 Å². The van der Waals surface area contributed by atoms with Crippen molar-refractivity contribution in [2.24, 2.45) is 0 Å². The zero-order chi connectivity index (χ0) is 21.3. The largest absolute Gasteiger partial charge is 0.489 e. The molecule has 0 radical (unpaired) electrons. The van der Waals surface area contributed by atoms with Gasteiger partial charge in [-0.25, -0.2) is 9.59 Å². The highest BCUT2D eigenvalue weighted by atomic mass is 16.5. The Morgan fingerprint density at radius 1 is 1.03 bits per heavy atom. The number of allylic oxidation sites excluding steroid dienone is 1. The van der Waals surface area contributed by atoms with E-state index in [1.54, 1.807) is 6.92 Å². The van der Waals surface area contributed by atoms with Crippen molar-refractivity contribution in [2.45, 2.75) is 45.8 Å². The number of amides is 2. The molecule has 2 amide bonds. The minimum atomic E-state index is -0.562. The molecule has 1 heterocycles. The van der Waals surface area contributed by atoms with E-state index >= 15 is 0 Å². The minimum absolute atomic E-state index is 0.274. The molecule has 30 heavy (non-hydrogen) atoms. The molecule has 2 aromatic carbocycles. The standard InChI is InChI=1S/C24H28N2O4/c1-3-5-11-20-21(23(27)29-4-2)22(26-24(28)25-20)18-12-14-19(15-13-18)30-16-17-9-7-6-8-10-17/h6-10,12-15,22H,3-5,11,16H2,1-2H3,(H2,25,26,28). The molecular weight excluding hydrogens is 380 g/mol. The lowest BCUT2D eigenvalue weighted by atomic mass is 9.93. The first-order valence-electron chi connectivity index (χ1n) is 10.4. The summed E-state index contributed by atoms with van der Waals surface area (Å²) in [6, 6.07) is 16.5. The Hall–Kier alpha value is -3.28. The van der Waals surface area contributed by atoms with Crippen LogP contribution < -0.4 is 15.4 Å². The molecule has 0 bridgehead atoms. The van der Waals surface area contributed by atoms with Crippen LogP contribution in [0.1, 0.15) is 50.3 Å². The van der Waals surface area contributed by atoms with Gasteiger partial charge in [-0.3, -0.25) is 0 Å². The van der Waals surface area contributed by atoms with Gasteiger partial charge >= 0.3 is 12.0 Å². The van der Waals surface area contributed by atoms with Gasteiger partial charge in [-0.2, -0.15) is 0 Å². The number of urea groups is 1. The topological polar surface area (TPSA) is 76.7 Å². The van der Waals surface area contributed by atoms with Gasteiger partial charge < -0.3 is 20.1 Å². The van der Waals surface area contributed by atoms with E-state index in [4.69, 9.17) is 9.47 Å². The van der Waals surface area contributed by atoms with Gasteiger partial charge in [0, 0.05) is 5.70 Å². The minimum Gasteiger partial charge on any atom is -0.489 e. The Labute approximate surface area is 177 Å². The van der Waals surface area contributed by atoms with Gasteiger partial charge in [-0.1, -0.05) is 55.8 Å². The average Bonchev–Trinajstić information content (AvgIpc) is 2.77. The molecule has 158 valence electrons. The fourth-order valence-electron chi connectivity index (χ4n) is 3.37. The number of ether oxygens (including phenoxy) is 2. The fraction of sp³-hybridized carbons (Fsp3) is 0.333. The van der Waals surface area contributed by atoms with Crippen molar-refractivity contribution in [1.82, 2.24) is 10.6 Å². The zero-order valence-corrected chi connectivity index (χ0v) is 17.4. The summed E-state index contributed by atoms with van der Waals surface area (Å²) in [5.41, 5.74) is 2.98. The Morgan fingerprint density at radius 2 is 1.77 bits per heavy atom. The highest BCUT2D eigenvalue weighted by Gasteiger charge is 2.33. The van der Waals surface area contributed by atoms with E-state index in [0.29, 0.717) is 24.3 Å². The number of hydrogen-bond donors (Lipinski definition) is 2. The number of benzene rings is 2. The molecule has 2 N–H and O–H groups in total. The van der Waals surface area contributed by atoms with Crippen LogP contribution in [0.2, 0.25) is 0 Å². The second-order valence-corrected chi connectivity index (χ2v) is 7.09. The number of nitrogens with one attached hydrogen (secondary N) is 2. The van der Waals surface area contributed by atoms with Crippen LogP contribution in [0.15, 0.2) is 65.9 Å². The van der Waals surface area contributed by atoms with Crippen molar-refractivity contribution in [1.29, 1.82) is 0 Å². The molecule has 1 aliphatic heterocycles. The predicted molar refractivity (Wildman–Crippen MR) is 115 cm³/mol. The van der Waals surface area contributed by atoms with E-state index in [2.05, 4.69) is 17.6 Å². The van der Waals surface area contributed by atoms with Gasteiger partial charge in [-0.05, 0) is 43.0 Å². The summed E-state index contributed by atoms with van der Waals surface area (Å²) in [5, 5.41) is 5.65. The van der Waals surface area contributed by atoms with Gasteiger partial charge in [0.05, 0.1) is 18.2 Å². The van der Waals surface area contributed by atoms with E-state index in [9.17, 15) is 9.59 Å². The first-order chi connectivity index (χ1) is 14.6. The number of rotatable bonds is 9. The van der Waals surface area contributed by atoms with E-state index in [1.807, 2.05) is 54.6 Å². The lowest BCUT2D eigenvalue weighted by Gasteiger charge is -2.29. The van der Waals surface area contributed by atoms with Gasteiger partial charge in [0.2, 0.25) is 0 Å². The van der Waals surface area contributed by atoms with Crippen LogP contribution in [-0.4, -0.2) is 18.6 Å². The third kappa shape index (κ3) is 5.41. The van der Waals surface area contributed by atoms with Crippen LogP contribution in [-0.2, 0) is 16.1 Å². The quantitative estimate of drug-likeness (QED) is 0.593. The molecule has 1 unspecified atom stereocenters. The van der Waals surface area contributed by atoms with Crippen molar-refractivity contribution < 1.29 is 19.1 Å². The predicted octanol–water partition coefficient (Wildman–Crippen LogP) is 4.63. The Kier molecular flexibility index (Phi) is 7.49. The van der Waals surface area contributed by atoms with Crippen LogP contribution in [0.25, 0.3) is 0 Å². The number of carbonyl (C=O) groups is 2. The lowest BCUT2D eigenvalue weighted by Crippen LogP contribution is -2.46. The number of unbranched alkanes of at least 4 members (excludes halogenated alkanes) is 1. The zero-order valence-electron chi connectivity index (χ0n) is 17.4. The van der Waals surface area contributed by atoms with Gasteiger partial charge in [0.1, 0.15) is 12.4 Å². The first-order valence-corrected chi connectivity index (χ1v) is 10.4. The second kappa shape index (κ2) is 10.5. The number of hydrogen-bond acceptors (Lipinski definition) is 4. The highest BCUT2D eigenvalue weighted by Crippen LogP contribution is 2.30. The van der Waals surface area contributed by atoms with Crippen molar-refractivity contribution in [3.05, 3.63) is 77.0 Å². The van der Waals surface area contributed by atoms with E-state index < -0.39 is 12.0 Å². The maximum Gasteiger partial charge on any atom is 0.338 e. The van der Waals surface area contributed by atoms with E-state index in [-0.39, 0.29) is 12.6 Å². The monoisotopic (exact) mass is 408 g/mol. The Bertz CT molecular complexity index is 891. The molecule has 0 saturated heterocycles. The first kappa shape index (κ1) is 21.4. The highest BCUT2D eigenvalue weighted by molar-refractivity contribution is 5.95. The van der Waals surface area contributed by atoms with Gasteiger partial charge in [0.15, 0.2) is 0 Å². The molecule has 0 aromatic heterocycles. The second-order valence-electron chi connectivity index (χ2n) is 7.09. The van der Waals surface area contributed by atoms with Crippen LogP contribution >= 0.6 is 0 Å². The normalized spacial score (nSPS) is 15.9. The molecule has 0 aliphatic carbocycles. The molecule has 3 rings (SSSR count). The molecule has 1 atom stereocenters. The van der Waals surface area contributed by atoms with Crippen LogP contribution in [0.3, 0.4) is 0 Å². The van der Waals surface area contributed by atoms with Gasteiger partial charge in [0.25, 0.3) is 0 Å². The Morgan fingerprint density at radius 3 is 2.43 bits per heavy atom. The van der Waals surface area contributed by atoms with Crippen molar-refractivity contribution in [2.75, 3.05) is 6.61 Å². The van der Waals surface area contributed by atoms with E-state index in [0.717, 1.165) is 29.7 Å². The maximum atomic E-state index is 12.7. The molecular formula is C24H28N2O4. The smallest absolute Gasteiger partial charge is 0.338 e. The molecule has 0 saturated carbocycles. The summed E-state index contributed by atoms with van der Waals surface area (Å²) < 4.78 is 11.1. The van der Waals surface area contributed by atoms with Gasteiger partial charge in [-0.15, -0.1) is 0 Å². The fourth-order valence-corrected chi connectivity index (χ4v) is 3.37. The molecule has 0 spiro atoms. The van der Waals surface area contributed by atoms with Crippen LogP contribution in [0.4, 0.5) is 4.79 Å². The third-order valence-corrected chi connectivity index (χ3v) is 4.89. The molecule has 1 aliphatic rings. The Balaban J connectivity index is 1.81. The summed E-state index contributed by atoms with van der Waals surface area (Å²) in [5.74, 6) is 0.307. The van der Waals surface area contributed by atoms with Crippen LogP contribution in [0, 0.1) is 0 Å². The summed E-state index contributed by atoms with van der Waals surface area (Å²) in [6.45, 7) is 4.59. The van der Waals surface area contributed by atoms with Crippen molar-refractivity contribution in [3.63, 3.8) is 0 Å².